The van der Waals surface area contributed by atoms with Crippen LogP contribution in [0.3, 0.4) is 0 Å². The Bertz CT molecular complexity index is 217. The molecule has 1 heterocycles. The van der Waals surface area contributed by atoms with Gasteiger partial charge in [-0.1, -0.05) is 0 Å². The Morgan fingerprint density at radius 3 is 2.77 bits per heavy atom. The van der Waals surface area contributed by atoms with Gasteiger partial charge in [0.25, 0.3) is 0 Å². The molecule has 1 fully saturated rings. The van der Waals surface area contributed by atoms with Crippen LogP contribution in [-0.4, -0.2) is 47.6 Å². The van der Waals surface area contributed by atoms with Crippen LogP contribution in [0.15, 0.2) is 0 Å². The van der Waals surface area contributed by atoms with Crippen molar-refractivity contribution < 1.29 is 14.7 Å². The molecule has 0 unspecified atom stereocenters. The molecule has 1 aliphatic rings. The number of aliphatic hydroxyl groups excluding tert-OH is 1. The van der Waals surface area contributed by atoms with Crippen molar-refractivity contribution in [1.82, 2.24) is 10.2 Å². The molecule has 0 aliphatic carbocycles. The van der Waals surface area contributed by atoms with E-state index in [4.69, 9.17) is 5.11 Å². The third kappa shape index (κ3) is 3.02. The van der Waals surface area contributed by atoms with Crippen LogP contribution in [0.5, 0.6) is 0 Å². The van der Waals surface area contributed by atoms with Crippen LogP contribution in [0.4, 0.5) is 0 Å². The standard InChI is InChI=1S/C8H14N2O3/c1-6(11)9-4-8(13)10-3-2-7(12)5-10/h7,12H,2-5H2,1H3,(H,9,11)/t7-/m1/s1. The van der Waals surface area contributed by atoms with Crippen LogP contribution in [0.2, 0.25) is 0 Å². The minimum absolute atomic E-state index is 0.0298. The zero-order valence-electron chi connectivity index (χ0n) is 7.62. The molecule has 0 radical (unpaired) electrons. The van der Waals surface area contributed by atoms with Crippen LogP contribution < -0.4 is 5.32 Å². The van der Waals surface area contributed by atoms with Gasteiger partial charge in [-0.3, -0.25) is 9.59 Å². The number of nitrogens with zero attached hydrogens (tertiary/aromatic N) is 1. The Balaban J connectivity index is 2.27. The number of likely N-dealkylation sites (tertiary alicyclic amines) is 1. The second kappa shape index (κ2) is 4.23. The summed E-state index contributed by atoms with van der Waals surface area (Å²) in [5.74, 6) is -0.347. The minimum Gasteiger partial charge on any atom is -0.391 e. The lowest BCUT2D eigenvalue weighted by Gasteiger charge is -2.15. The molecular weight excluding hydrogens is 172 g/mol. The molecule has 1 rings (SSSR count). The van der Waals surface area contributed by atoms with Crippen LogP contribution in [0.1, 0.15) is 13.3 Å². The van der Waals surface area contributed by atoms with E-state index in [-0.39, 0.29) is 18.4 Å². The summed E-state index contributed by atoms with van der Waals surface area (Å²) in [4.78, 5) is 23.3. The first kappa shape index (κ1) is 9.98. The van der Waals surface area contributed by atoms with E-state index in [1.807, 2.05) is 0 Å². The molecule has 5 nitrogen and oxygen atoms in total. The number of hydrogen-bond donors (Lipinski definition) is 2. The largest absolute Gasteiger partial charge is 0.391 e. The van der Waals surface area contributed by atoms with Crippen molar-refractivity contribution in [3.05, 3.63) is 0 Å². The van der Waals surface area contributed by atoms with Gasteiger partial charge in [0.2, 0.25) is 11.8 Å². The second-order valence-electron chi connectivity index (χ2n) is 3.19. The maximum Gasteiger partial charge on any atom is 0.242 e. The lowest BCUT2D eigenvalue weighted by Crippen LogP contribution is -2.38. The van der Waals surface area contributed by atoms with E-state index in [1.54, 1.807) is 4.90 Å². The van der Waals surface area contributed by atoms with E-state index in [2.05, 4.69) is 5.32 Å². The van der Waals surface area contributed by atoms with Crippen LogP contribution in [-0.2, 0) is 9.59 Å². The number of nitrogens with one attached hydrogen (secondary N) is 1. The summed E-state index contributed by atoms with van der Waals surface area (Å²) < 4.78 is 0. The van der Waals surface area contributed by atoms with E-state index in [0.29, 0.717) is 19.5 Å². The molecule has 2 amide bonds. The highest BCUT2D eigenvalue weighted by Gasteiger charge is 2.23. The topological polar surface area (TPSA) is 69.6 Å². The molecule has 1 saturated heterocycles. The van der Waals surface area contributed by atoms with Gasteiger partial charge in [0.15, 0.2) is 0 Å². The SMILES string of the molecule is CC(=O)NCC(=O)N1CC[C@@H](O)C1. The van der Waals surface area contributed by atoms with Gasteiger partial charge in [-0.25, -0.2) is 0 Å². The Hall–Kier alpha value is -1.10. The van der Waals surface area contributed by atoms with Gasteiger partial charge in [0.1, 0.15) is 0 Å². The lowest BCUT2D eigenvalue weighted by molar-refractivity contribution is -0.131. The number of carbonyl (C=O) groups excluding carboxylic acids is 2. The average molecular weight is 186 g/mol. The summed E-state index contributed by atoms with van der Waals surface area (Å²) in [6.07, 6.45) is 0.229. The fourth-order valence-electron chi connectivity index (χ4n) is 1.28. The van der Waals surface area contributed by atoms with Gasteiger partial charge in [0.05, 0.1) is 12.6 Å². The predicted octanol–water partition coefficient (Wildman–Crippen LogP) is -1.28. The Labute approximate surface area is 76.7 Å². The third-order valence-corrected chi connectivity index (χ3v) is 2.00. The highest BCUT2D eigenvalue weighted by molar-refractivity contribution is 5.83. The smallest absolute Gasteiger partial charge is 0.242 e. The van der Waals surface area contributed by atoms with Crippen molar-refractivity contribution in [2.24, 2.45) is 0 Å². The fraction of sp³-hybridized carbons (Fsp3) is 0.750. The number of rotatable bonds is 2. The zero-order chi connectivity index (χ0) is 9.84. The summed E-state index contributed by atoms with van der Waals surface area (Å²) in [6.45, 7) is 2.37. The van der Waals surface area contributed by atoms with Crippen molar-refractivity contribution >= 4 is 11.8 Å². The van der Waals surface area contributed by atoms with Crippen LogP contribution >= 0.6 is 0 Å². The van der Waals surface area contributed by atoms with Crippen LogP contribution in [0.25, 0.3) is 0 Å². The normalized spacial score (nSPS) is 21.7. The molecule has 5 heteroatoms. The minimum atomic E-state index is -0.402. The summed E-state index contributed by atoms with van der Waals surface area (Å²) in [6, 6.07) is 0. The molecule has 74 valence electrons. The molecule has 0 aromatic rings. The summed E-state index contributed by atoms with van der Waals surface area (Å²) in [5.41, 5.74) is 0. The summed E-state index contributed by atoms with van der Waals surface area (Å²) in [7, 11) is 0. The van der Waals surface area contributed by atoms with Gasteiger partial charge in [-0.2, -0.15) is 0 Å². The average Bonchev–Trinajstić information content (AvgIpc) is 2.47. The molecule has 1 atom stereocenters. The molecule has 0 aromatic carbocycles. The molecule has 0 saturated carbocycles. The van der Waals surface area contributed by atoms with Crippen molar-refractivity contribution in [2.45, 2.75) is 19.4 Å². The highest BCUT2D eigenvalue weighted by atomic mass is 16.3. The molecule has 0 bridgehead atoms. The summed E-state index contributed by atoms with van der Waals surface area (Å²) >= 11 is 0. The molecule has 13 heavy (non-hydrogen) atoms. The Morgan fingerprint density at radius 2 is 2.31 bits per heavy atom. The fourth-order valence-corrected chi connectivity index (χ4v) is 1.28. The van der Waals surface area contributed by atoms with Gasteiger partial charge in [0, 0.05) is 20.0 Å². The Kier molecular flexibility index (Phi) is 3.25. The Morgan fingerprint density at radius 1 is 1.62 bits per heavy atom. The number of amides is 2. The van der Waals surface area contributed by atoms with E-state index in [9.17, 15) is 9.59 Å². The van der Waals surface area contributed by atoms with Gasteiger partial charge >= 0.3 is 0 Å². The van der Waals surface area contributed by atoms with E-state index in [0.717, 1.165) is 0 Å². The highest BCUT2D eigenvalue weighted by Crippen LogP contribution is 2.07. The van der Waals surface area contributed by atoms with Gasteiger partial charge in [-0.15, -0.1) is 0 Å². The first-order chi connectivity index (χ1) is 6.09. The van der Waals surface area contributed by atoms with Crippen LogP contribution in [0, 0.1) is 0 Å². The molecule has 0 aromatic heterocycles. The lowest BCUT2D eigenvalue weighted by atomic mass is 10.3. The van der Waals surface area contributed by atoms with E-state index < -0.39 is 6.10 Å². The first-order valence-corrected chi connectivity index (χ1v) is 4.30. The molecule has 0 spiro atoms. The molecule has 2 N–H and O–H groups in total. The molecule has 1 aliphatic heterocycles. The van der Waals surface area contributed by atoms with Crippen molar-refractivity contribution in [3.8, 4) is 0 Å². The predicted molar refractivity (Wildman–Crippen MR) is 45.9 cm³/mol. The number of aliphatic hydroxyl groups is 1. The maximum absolute atomic E-state index is 11.3. The van der Waals surface area contributed by atoms with Gasteiger partial charge in [-0.05, 0) is 6.42 Å². The zero-order valence-corrected chi connectivity index (χ0v) is 7.62. The maximum atomic E-state index is 11.3. The number of carbonyl (C=O) groups is 2. The monoisotopic (exact) mass is 186 g/mol. The van der Waals surface area contributed by atoms with E-state index >= 15 is 0 Å². The van der Waals surface area contributed by atoms with Crippen molar-refractivity contribution in [2.75, 3.05) is 19.6 Å². The molecular formula is C8H14N2O3. The number of β-amino-alcohol motifs (C(OH)–C–C–N with tert-alkyl or cyclic N) is 1. The van der Waals surface area contributed by atoms with Gasteiger partial charge < -0.3 is 15.3 Å². The second-order valence-corrected chi connectivity index (χ2v) is 3.19. The summed E-state index contributed by atoms with van der Waals surface area (Å²) in [5, 5.41) is 11.6. The third-order valence-electron chi connectivity index (χ3n) is 2.00. The van der Waals surface area contributed by atoms with Crippen molar-refractivity contribution in [3.63, 3.8) is 0 Å². The first-order valence-electron chi connectivity index (χ1n) is 4.30. The van der Waals surface area contributed by atoms with Crippen molar-refractivity contribution in [1.29, 1.82) is 0 Å². The van der Waals surface area contributed by atoms with E-state index in [1.165, 1.54) is 6.92 Å². The number of hydrogen-bond acceptors (Lipinski definition) is 3. The quantitative estimate of drug-likeness (QED) is 0.564.